The molecule has 9 heteroatoms. The predicted octanol–water partition coefficient (Wildman–Crippen LogP) is 4.55. The van der Waals surface area contributed by atoms with Crippen molar-refractivity contribution in [2.45, 2.75) is 77.4 Å². The summed E-state index contributed by atoms with van der Waals surface area (Å²) in [4.78, 5) is 28.0. The minimum Gasteiger partial charge on any atom is -0.352 e. The number of carbonyl (C=O) groups is 2. The van der Waals surface area contributed by atoms with Gasteiger partial charge in [0.05, 0.1) is 11.9 Å². The zero-order valence-corrected chi connectivity index (χ0v) is 22.8. The first-order valence-electron chi connectivity index (χ1n) is 12.9. The molecule has 0 bridgehead atoms. The molecule has 2 amide bonds. The number of anilines is 1. The van der Waals surface area contributed by atoms with E-state index in [0.717, 1.165) is 37.5 Å². The molecule has 2 aromatic rings. The Morgan fingerprint density at radius 2 is 1.76 bits per heavy atom. The maximum atomic E-state index is 13.4. The van der Waals surface area contributed by atoms with Gasteiger partial charge >= 0.3 is 0 Å². The Balaban J connectivity index is 1.71. The first kappa shape index (κ1) is 28.6. The molecule has 202 valence electrons. The third-order valence-corrected chi connectivity index (χ3v) is 8.02. The highest BCUT2D eigenvalue weighted by molar-refractivity contribution is 7.92. The van der Waals surface area contributed by atoms with Crippen molar-refractivity contribution in [2.24, 2.45) is 0 Å². The van der Waals surface area contributed by atoms with Crippen molar-refractivity contribution >= 4 is 27.5 Å². The van der Waals surface area contributed by atoms with E-state index < -0.39 is 16.1 Å². The summed E-state index contributed by atoms with van der Waals surface area (Å²) in [7, 11) is -3.54. The summed E-state index contributed by atoms with van der Waals surface area (Å²) >= 11 is 0. The van der Waals surface area contributed by atoms with Crippen LogP contribution < -0.4 is 9.62 Å². The maximum Gasteiger partial charge on any atom is 0.242 e. The lowest BCUT2D eigenvalue weighted by atomic mass is 9.95. The van der Waals surface area contributed by atoms with Crippen molar-refractivity contribution in [2.75, 3.05) is 17.1 Å². The third kappa shape index (κ3) is 8.55. The molecule has 1 N–H and O–H groups in total. The Kier molecular flexibility index (Phi) is 10.1. The normalized spacial score (nSPS) is 15.1. The van der Waals surface area contributed by atoms with Crippen LogP contribution in [0.25, 0.3) is 0 Å². The van der Waals surface area contributed by atoms with Crippen molar-refractivity contribution in [3.8, 4) is 0 Å². The summed E-state index contributed by atoms with van der Waals surface area (Å²) < 4.78 is 39.6. The number of sulfonamides is 1. The molecule has 1 saturated carbocycles. The number of carbonyl (C=O) groups excluding carboxylic acids is 2. The highest BCUT2D eigenvalue weighted by atomic mass is 32.2. The fraction of sp³-hybridized carbons (Fsp3) is 0.500. The lowest BCUT2D eigenvalue weighted by Gasteiger charge is -2.31. The zero-order valence-electron chi connectivity index (χ0n) is 22.0. The van der Waals surface area contributed by atoms with E-state index >= 15 is 0 Å². The average Bonchev–Trinajstić information content (AvgIpc) is 2.85. The first-order valence-corrected chi connectivity index (χ1v) is 14.8. The number of nitrogens with one attached hydrogen (secondary N) is 1. The molecule has 1 unspecified atom stereocenters. The molecule has 0 heterocycles. The maximum absolute atomic E-state index is 13.4. The SMILES string of the molecule is Cc1cccc(N(CCCC(=O)N(Cc2ccc(F)cc2)C(C)C(=O)NC2CCCCC2)S(C)(=O)=O)c1. The number of amides is 2. The van der Waals surface area contributed by atoms with Crippen LogP contribution in [0.1, 0.15) is 63.0 Å². The predicted molar refractivity (Wildman–Crippen MR) is 144 cm³/mol. The fourth-order valence-electron chi connectivity index (χ4n) is 4.72. The van der Waals surface area contributed by atoms with Crippen LogP contribution in [-0.4, -0.2) is 50.0 Å². The van der Waals surface area contributed by atoms with E-state index in [1.807, 2.05) is 13.0 Å². The van der Waals surface area contributed by atoms with Gasteiger partial charge in [-0.05, 0) is 68.5 Å². The number of benzene rings is 2. The molecule has 0 aliphatic heterocycles. The van der Waals surface area contributed by atoms with Crippen LogP contribution in [0, 0.1) is 12.7 Å². The molecular weight excluding hydrogens is 493 g/mol. The van der Waals surface area contributed by atoms with Gasteiger partial charge in [0, 0.05) is 25.6 Å². The number of rotatable bonds is 11. The van der Waals surface area contributed by atoms with Crippen LogP contribution in [-0.2, 0) is 26.2 Å². The zero-order chi connectivity index (χ0) is 27.0. The van der Waals surface area contributed by atoms with Gasteiger partial charge in [0.15, 0.2) is 0 Å². The molecule has 0 aromatic heterocycles. The van der Waals surface area contributed by atoms with Crippen molar-refractivity contribution in [3.63, 3.8) is 0 Å². The molecule has 1 aliphatic rings. The highest BCUT2D eigenvalue weighted by Gasteiger charge is 2.28. The summed E-state index contributed by atoms with van der Waals surface area (Å²) in [6, 6.07) is 12.5. The Morgan fingerprint density at radius 3 is 2.38 bits per heavy atom. The van der Waals surface area contributed by atoms with Crippen LogP contribution in [0.3, 0.4) is 0 Å². The number of hydrogen-bond acceptors (Lipinski definition) is 4. The molecule has 1 aliphatic carbocycles. The number of aryl methyl sites for hydroxylation is 1. The topological polar surface area (TPSA) is 86.8 Å². The lowest BCUT2D eigenvalue weighted by molar-refractivity contribution is -0.141. The molecule has 3 rings (SSSR count). The first-order chi connectivity index (χ1) is 17.5. The van der Waals surface area contributed by atoms with Gasteiger partial charge in [-0.15, -0.1) is 0 Å². The summed E-state index contributed by atoms with van der Waals surface area (Å²) in [5.41, 5.74) is 2.20. The Bertz CT molecular complexity index is 1160. The van der Waals surface area contributed by atoms with Crippen LogP contribution in [0.2, 0.25) is 0 Å². The molecule has 1 atom stereocenters. The molecule has 37 heavy (non-hydrogen) atoms. The molecule has 0 saturated heterocycles. The van der Waals surface area contributed by atoms with E-state index in [-0.39, 0.29) is 49.6 Å². The van der Waals surface area contributed by atoms with Gasteiger partial charge in [-0.2, -0.15) is 0 Å². The van der Waals surface area contributed by atoms with Crippen molar-refractivity contribution in [1.29, 1.82) is 0 Å². The van der Waals surface area contributed by atoms with E-state index in [4.69, 9.17) is 0 Å². The molecule has 7 nitrogen and oxygen atoms in total. The average molecular weight is 532 g/mol. The number of nitrogens with zero attached hydrogens (tertiary/aromatic N) is 2. The standard InChI is InChI=1S/C28H38FN3O4S/c1-21-9-7-12-26(19-21)32(37(3,35)36)18-8-13-27(33)31(20-23-14-16-24(29)17-15-23)22(2)28(34)30-25-10-5-4-6-11-25/h7,9,12,14-17,19,22,25H,4-6,8,10-11,13,18,20H2,1-3H3,(H,30,34). The second-order valence-corrected chi connectivity index (χ2v) is 11.9. The molecule has 2 aromatic carbocycles. The van der Waals surface area contributed by atoms with Crippen molar-refractivity contribution in [1.82, 2.24) is 10.2 Å². The Labute approximate surface area is 220 Å². The van der Waals surface area contributed by atoms with Crippen molar-refractivity contribution in [3.05, 3.63) is 65.5 Å². The number of hydrogen-bond donors (Lipinski definition) is 1. The Hall–Kier alpha value is -2.94. The van der Waals surface area contributed by atoms with E-state index in [0.29, 0.717) is 11.3 Å². The van der Waals surface area contributed by atoms with E-state index in [1.165, 1.54) is 27.8 Å². The van der Waals surface area contributed by atoms with Crippen LogP contribution in [0.5, 0.6) is 0 Å². The molecule has 0 spiro atoms. The molecule has 1 fully saturated rings. The molecular formula is C28H38FN3O4S. The van der Waals surface area contributed by atoms with Gasteiger partial charge in [0.2, 0.25) is 21.8 Å². The summed E-state index contributed by atoms with van der Waals surface area (Å²) in [6.07, 6.45) is 6.70. The summed E-state index contributed by atoms with van der Waals surface area (Å²) in [5.74, 6) is -0.838. The lowest BCUT2D eigenvalue weighted by Crippen LogP contribution is -2.50. The van der Waals surface area contributed by atoms with Gasteiger partial charge in [-0.3, -0.25) is 13.9 Å². The Morgan fingerprint density at radius 1 is 1.08 bits per heavy atom. The van der Waals surface area contributed by atoms with Gasteiger partial charge < -0.3 is 10.2 Å². The largest absolute Gasteiger partial charge is 0.352 e. The van der Waals surface area contributed by atoms with Gasteiger partial charge in [0.25, 0.3) is 0 Å². The van der Waals surface area contributed by atoms with Gasteiger partial charge in [-0.1, -0.05) is 43.5 Å². The van der Waals surface area contributed by atoms with E-state index in [2.05, 4.69) is 5.32 Å². The quantitative estimate of drug-likeness (QED) is 0.461. The monoisotopic (exact) mass is 531 g/mol. The van der Waals surface area contributed by atoms with E-state index in [1.54, 1.807) is 37.3 Å². The summed E-state index contributed by atoms with van der Waals surface area (Å²) in [5, 5.41) is 3.09. The third-order valence-electron chi connectivity index (χ3n) is 6.83. The van der Waals surface area contributed by atoms with Crippen molar-refractivity contribution < 1.29 is 22.4 Å². The second-order valence-electron chi connectivity index (χ2n) is 9.95. The summed E-state index contributed by atoms with van der Waals surface area (Å²) in [6.45, 7) is 3.89. The fourth-order valence-corrected chi connectivity index (χ4v) is 5.68. The number of halogens is 1. The highest BCUT2D eigenvalue weighted by Crippen LogP contribution is 2.21. The second kappa shape index (κ2) is 13.0. The smallest absolute Gasteiger partial charge is 0.242 e. The minimum absolute atomic E-state index is 0.0695. The van der Waals surface area contributed by atoms with Gasteiger partial charge in [0.1, 0.15) is 11.9 Å². The van der Waals surface area contributed by atoms with Crippen LogP contribution in [0.15, 0.2) is 48.5 Å². The molecule has 0 radical (unpaired) electrons. The van der Waals surface area contributed by atoms with E-state index in [9.17, 15) is 22.4 Å². The van der Waals surface area contributed by atoms with Crippen LogP contribution in [0.4, 0.5) is 10.1 Å². The minimum atomic E-state index is -3.54. The van der Waals surface area contributed by atoms with Crippen LogP contribution >= 0.6 is 0 Å². The van der Waals surface area contributed by atoms with Gasteiger partial charge in [-0.25, -0.2) is 12.8 Å².